The second-order valence-corrected chi connectivity index (χ2v) is 6.96. The molecule has 0 spiro atoms. The molecule has 0 aliphatic carbocycles. The second kappa shape index (κ2) is 7.71. The first-order chi connectivity index (χ1) is 11.1. The van der Waals surface area contributed by atoms with Crippen molar-refractivity contribution < 1.29 is 14.2 Å². The Labute approximate surface area is 137 Å². The summed E-state index contributed by atoms with van der Waals surface area (Å²) in [6.07, 6.45) is 1.85. The monoisotopic (exact) mass is 322 g/mol. The summed E-state index contributed by atoms with van der Waals surface area (Å²) >= 11 is 0. The van der Waals surface area contributed by atoms with Crippen molar-refractivity contribution in [1.82, 2.24) is 10.2 Å². The largest absolute Gasteiger partial charge is 0.389 e. The van der Waals surface area contributed by atoms with Gasteiger partial charge in [-0.25, -0.2) is 4.39 Å². The van der Waals surface area contributed by atoms with E-state index in [0.717, 1.165) is 31.1 Å². The van der Waals surface area contributed by atoms with Gasteiger partial charge >= 0.3 is 0 Å². The Kier molecular flexibility index (Phi) is 5.64. The van der Waals surface area contributed by atoms with Gasteiger partial charge in [0.05, 0.1) is 24.9 Å². The van der Waals surface area contributed by atoms with Crippen LogP contribution in [-0.4, -0.2) is 54.5 Å². The second-order valence-electron chi connectivity index (χ2n) is 6.96. The molecule has 5 heteroatoms. The van der Waals surface area contributed by atoms with Crippen molar-refractivity contribution in [3.8, 4) is 0 Å². The number of piperidine rings is 1. The maximum absolute atomic E-state index is 12.9. The molecular formula is C18H27FN2O2. The van der Waals surface area contributed by atoms with Crippen LogP contribution in [0.5, 0.6) is 0 Å². The summed E-state index contributed by atoms with van der Waals surface area (Å²) < 4.78 is 18.7. The Morgan fingerprint density at radius 1 is 1.26 bits per heavy atom. The van der Waals surface area contributed by atoms with Gasteiger partial charge in [-0.3, -0.25) is 0 Å². The van der Waals surface area contributed by atoms with E-state index in [4.69, 9.17) is 4.74 Å². The summed E-state index contributed by atoms with van der Waals surface area (Å²) in [5, 5.41) is 13.8. The van der Waals surface area contributed by atoms with E-state index in [-0.39, 0.29) is 18.0 Å². The molecule has 2 fully saturated rings. The van der Waals surface area contributed by atoms with Crippen LogP contribution >= 0.6 is 0 Å². The molecule has 3 unspecified atom stereocenters. The van der Waals surface area contributed by atoms with Gasteiger partial charge in [0.1, 0.15) is 5.82 Å². The minimum absolute atomic E-state index is 0.0613. The van der Waals surface area contributed by atoms with Gasteiger partial charge in [-0.1, -0.05) is 19.1 Å². The molecule has 1 aromatic rings. The fourth-order valence-corrected chi connectivity index (χ4v) is 3.37. The first-order valence-corrected chi connectivity index (χ1v) is 8.61. The van der Waals surface area contributed by atoms with Crippen molar-refractivity contribution in [2.45, 2.75) is 44.6 Å². The molecular weight excluding hydrogens is 295 g/mol. The molecule has 2 heterocycles. The molecule has 2 saturated heterocycles. The highest BCUT2D eigenvalue weighted by Gasteiger charge is 2.36. The molecule has 0 radical (unpaired) electrons. The Morgan fingerprint density at radius 2 is 1.96 bits per heavy atom. The van der Waals surface area contributed by atoms with Crippen LogP contribution in [0.1, 0.15) is 25.3 Å². The third-order valence-electron chi connectivity index (χ3n) is 5.08. The van der Waals surface area contributed by atoms with Crippen LogP contribution in [-0.2, 0) is 11.3 Å². The number of nitrogens with one attached hydrogen (secondary N) is 1. The van der Waals surface area contributed by atoms with Crippen molar-refractivity contribution in [2.24, 2.45) is 5.92 Å². The molecule has 0 saturated carbocycles. The lowest BCUT2D eigenvalue weighted by molar-refractivity contribution is 0.00859. The highest BCUT2D eigenvalue weighted by Crippen LogP contribution is 2.20. The van der Waals surface area contributed by atoms with Gasteiger partial charge in [0.2, 0.25) is 0 Å². The summed E-state index contributed by atoms with van der Waals surface area (Å²) in [4.78, 5) is 2.40. The van der Waals surface area contributed by atoms with Crippen molar-refractivity contribution in [2.75, 3.05) is 26.2 Å². The lowest BCUT2D eigenvalue weighted by Crippen LogP contribution is -2.46. The topological polar surface area (TPSA) is 44.7 Å². The molecule has 2 N–H and O–H groups in total. The van der Waals surface area contributed by atoms with E-state index in [1.54, 1.807) is 12.1 Å². The van der Waals surface area contributed by atoms with Gasteiger partial charge in [0.25, 0.3) is 0 Å². The average Bonchev–Trinajstić information content (AvgIpc) is 2.90. The van der Waals surface area contributed by atoms with Crippen LogP contribution in [0.25, 0.3) is 0 Å². The van der Waals surface area contributed by atoms with Gasteiger partial charge in [0, 0.05) is 13.1 Å². The Morgan fingerprint density at radius 3 is 2.65 bits per heavy atom. The van der Waals surface area contributed by atoms with E-state index in [9.17, 15) is 9.50 Å². The van der Waals surface area contributed by atoms with Crippen LogP contribution in [0.15, 0.2) is 24.3 Å². The number of rotatable bonds is 5. The number of nitrogens with zero attached hydrogens (tertiary/aromatic N) is 1. The van der Waals surface area contributed by atoms with Crippen molar-refractivity contribution in [3.63, 3.8) is 0 Å². The van der Waals surface area contributed by atoms with Crippen LogP contribution < -0.4 is 5.32 Å². The highest BCUT2D eigenvalue weighted by atomic mass is 19.1. The van der Waals surface area contributed by atoms with Gasteiger partial charge < -0.3 is 20.1 Å². The predicted octanol–water partition coefficient (Wildman–Crippen LogP) is 1.78. The number of likely N-dealkylation sites (tertiary alicyclic amines) is 1. The van der Waals surface area contributed by atoms with Gasteiger partial charge in [0.15, 0.2) is 0 Å². The van der Waals surface area contributed by atoms with E-state index >= 15 is 0 Å². The first kappa shape index (κ1) is 16.8. The fraction of sp³-hybridized carbons (Fsp3) is 0.667. The third-order valence-corrected chi connectivity index (χ3v) is 5.08. The van der Waals surface area contributed by atoms with Crippen molar-refractivity contribution >= 4 is 0 Å². The summed E-state index contributed by atoms with van der Waals surface area (Å²) in [6, 6.07) is 6.37. The lowest BCUT2D eigenvalue weighted by atomic mass is 9.98. The quantitative estimate of drug-likeness (QED) is 0.867. The Hall–Kier alpha value is -1.01. The highest BCUT2D eigenvalue weighted by molar-refractivity contribution is 5.16. The SMILES string of the molecule is CC1CCN(CC2OCC(NCc3ccc(F)cc3)C2O)CC1. The first-order valence-electron chi connectivity index (χ1n) is 8.61. The predicted molar refractivity (Wildman–Crippen MR) is 87.6 cm³/mol. The average molecular weight is 322 g/mol. The molecule has 3 atom stereocenters. The van der Waals surface area contributed by atoms with Gasteiger partial charge in [-0.05, 0) is 49.5 Å². The molecule has 1 aromatic carbocycles. The minimum atomic E-state index is -0.491. The van der Waals surface area contributed by atoms with Crippen molar-refractivity contribution in [3.05, 3.63) is 35.6 Å². The van der Waals surface area contributed by atoms with Crippen LogP contribution in [0.3, 0.4) is 0 Å². The van der Waals surface area contributed by atoms with E-state index < -0.39 is 6.10 Å². The molecule has 2 aliphatic rings. The van der Waals surface area contributed by atoms with Gasteiger partial charge in [-0.2, -0.15) is 0 Å². The summed E-state index contributed by atoms with van der Waals surface area (Å²) in [6.45, 7) is 6.44. The fourth-order valence-electron chi connectivity index (χ4n) is 3.37. The molecule has 2 aliphatic heterocycles. The Balaban J connectivity index is 1.44. The maximum atomic E-state index is 12.9. The van der Waals surface area contributed by atoms with Crippen LogP contribution in [0.4, 0.5) is 4.39 Å². The molecule has 23 heavy (non-hydrogen) atoms. The molecule has 128 valence electrons. The molecule has 4 nitrogen and oxygen atoms in total. The number of benzene rings is 1. The molecule has 3 rings (SSSR count). The maximum Gasteiger partial charge on any atom is 0.123 e. The number of hydrogen-bond donors (Lipinski definition) is 2. The zero-order valence-corrected chi connectivity index (χ0v) is 13.7. The van der Waals surface area contributed by atoms with Crippen molar-refractivity contribution in [1.29, 1.82) is 0 Å². The van der Waals surface area contributed by atoms with E-state index in [1.165, 1.54) is 25.0 Å². The molecule has 0 amide bonds. The summed E-state index contributed by atoms with van der Waals surface area (Å²) in [5.74, 6) is 0.583. The Bertz CT molecular complexity index is 488. The van der Waals surface area contributed by atoms with E-state index in [1.807, 2.05) is 0 Å². The summed E-state index contributed by atoms with van der Waals surface area (Å²) in [7, 11) is 0. The summed E-state index contributed by atoms with van der Waals surface area (Å²) in [5.41, 5.74) is 1.01. The van der Waals surface area contributed by atoms with Gasteiger partial charge in [-0.15, -0.1) is 0 Å². The van der Waals surface area contributed by atoms with E-state index in [2.05, 4.69) is 17.1 Å². The number of halogens is 1. The normalized spacial score (nSPS) is 30.0. The number of aliphatic hydroxyl groups excluding tert-OH is 1. The van der Waals surface area contributed by atoms with Crippen LogP contribution in [0, 0.1) is 11.7 Å². The zero-order valence-electron chi connectivity index (χ0n) is 13.7. The number of hydrogen-bond acceptors (Lipinski definition) is 4. The van der Waals surface area contributed by atoms with E-state index in [0.29, 0.717) is 13.2 Å². The number of ether oxygens (including phenoxy) is 1. The van der Waals surface area contributed by atoms with Crippen LogP contribution in [0.2, 0.25) is 0 Å². The lowest BCUT2D eigenvalue weighted by Gasteiger charge is -2.32. The minimum Gasteiger partial charge on any atom is -0.389 e. The zero-order chi connectivity index (χ0) is 16.2. The molecule has 0 aromatic heterocycles. The standard InChI is InChI=1S/C18H27FN2O2/c1-13-6-8-21(9-7-13)11-17-18(22)16(12-23-17)20-10-14-2-4-15(19)5-3-14/h2-5,13,16-18,20,22H,6-12H2,1H3. The smallest absolute Gasteiger partial charge is 0.123 e. The third kappa shape index (κ3) is 4.51. The number of aliphatic hydroxyl groups is 1. The molecule has 0 bridgehead atoms.